The van der Waals surface area contributed by atoms with Crippen molar-refractivity contribution in [2.75, 3.05) is 78.5 Å². The largest absolute Gasteiger partial charge is 0.368 e. The van der Waals surface area contributed by atoms with Crippen LogP contribution < -0.4 is 115 Å². The van der Waals surface area contributed by atoms with E-state index >= 15 is 0 Å². The highest BCUT2D eigenvalue weighted by molar-refractivity contribution is 5.98. The minimum absolute atomic E-state index is 0.0227. The minimum atomic E-state index is -1.24. The molecule has 0 aliphatic carbocycles. The molecule has 0 aromatic rings. The molecule has 536 valence electrons. The number of carbonyl (C=O) groups is 15. The second-order valence-electron chi connectivity index (χ2n) is 23.3. The smallest absolute Gasteiger partial charge is 0.243 e. The highest BCUT2D eigenvalue weighted by Gasteiger charge is 2.32. The Morgan fingerprint density at radius 2 is 0.596 bits per heavy atom. The van der Waals surface area contributed by atoms with Gasteiger partial charge in [-0.05, 0) is 148 Å². The van der Waals surface area contributed by atoms with Crippen LogP contribution in [0.5, 0.6) is 0 Å². The Labute approximate surface area is 549 Å². The Bertz CT molecular complexity index is 2440. The number of nitrogens with one attached hydrogen (secondary N) is 14. The molecule has 0 aliphatic heterocycles. The molecule has 0 saturated heterocycles. The van der Waals surface area contributed by atoms with Crippen LogP contribution in [0.3, 0.4) is 0 Å². The summed E-state index contributed by atoms with van der Waals surface area (Å²) in [6, 6.07) is -8.89. The lowest BCUT2D eigenvalue weighted by atomic mass is 9.99. The maximum atomic E-state index is 13.7. The molecule has 8 atom stereocenters. The van der Waals surface area contributed by atoms with Crippen molar-refractivity contribution < 1.29 is 71.9 Å². The number of carbonyl (C=O) groups excluding carboxylic acids is 15. The summed E-state index contributed by atoms with van der Waals surface area (Å²) in [5.74, 6) is -11.7. The average molecular weight is 1340 g/mol. The van der Waals surface area contributed by atoms with E-state index in [9.17, 15) is 71.9 Å². The van der Waals surface area contributed by atoms with Crippen molar-refractivity contribution in [3.63, 3.8) is 0 Å². The summed E-state index contributed by atoms with van der Waals surface area (Å²) >= 11 is 0. The molecule has 36 nitrogen and oxygen atoms in total. The molecule has 0 unspecified atom stereocenters. The first kappa shape index (κ1) is 85.8. The van der Waals surface area contributed by atoms with E-state index in [-0.39, 0.29) is 51.1 Å². The van der Waals surface area contributed by atoms with Crippen molar-refractivity contribution in [1.29, 1.82) is 0 Å². The standard InChI is InChI=1S/C58H109N21O15/c1-34(2)26-42(51(65)87)78-58(94)50(35(3)4)79-57(93)41(20-10-15-25-63)76-48(85)32-67-43(80)27-69-52(88)36(5)73-46(83)30-66-44(81)29-72-55(91)39(18-8-13-23-61)77-56(92)40(19-9-14-24-62)75-47(84)31-68-45(82)28-71-54(90)38(17-7-12-22-60)74-49(86)33-70-53(89)37(64)16-6-11-21-59/h34-42,50H,6-33,59-64H2,1-5H3,(H2,65,87)(H,66,81)(H,67,80)(H,68,82)(H,69,88)(H,70,89)(H,71,90)(H,72,91)(H,73,83)(H,74,86)(H,75,84)(H,76,85)(H,77,92)(H,78,94)(H,79,93)/t36-,37-,38-,39-,40-,41-,42-,50-/m0/s1. The van der Waals surface area contributed by atoms with E-state index in [0.717, 1.165) is 0 Å². The molecule has 94 heavy (non-hydrogen) atoms. The zero-order chi connectivity index (χ0) is 71.1. The molecule has 0 rings (SSSR count). The predicted octanol–water partition coefficient (Wildman–Crippen LogP) is -8.63. The molecule has 36 heteroatoms. The molecular weight excluding hydrogens is 1230 g/mol. The zero-order valence-corrected chi connectivity index (χ0v) is 55.2. The van der Waals surface area contributed by atoms with Crippen molar-refractivity contribution >= 4 is 88.6 Å². The third-order valence-electron chi connectivity index (χ3n) is 14.1. The van der Waals surface area contributed by atoms with Gasteiger partial charge in [0.2, 0.25) is 88.6 Å². The number of hydrogen-bond acceptors (Lipinski definition) is 21. The van der Waals surface area contributed by atoms with E-state index < -0.39 is 189 Å². The molecule has 0 radical (unpaired) electrons. The van der Waals surface area contributed by atoms with E-state index in [4.69, 9.17) is 40.1 Å². The number of rotatable bonds is 52. The van der Waals surface area contributed by atoms with Gasteiger partial charge in [0.1, 0.15) is 42.3 Å². The molecule has 0 heterocycles. The van der Waals surface area contributed by atoms with Crippen molar-refractivity contribution in [1.82, 2.24) is 74.4 Å². The summed E-state index contributed by atoms with van der Waals surface area (Å²) in [5, 5.41) is 34.2. The molecule has 15 amide bonds. The van der Waals surface area contributed by atoms with Crippen LogP contribution in [0.1, 0.15) is 137 Å². The molecule has 0 fully saturated rings. The van der Waals surface area contributed by atoms with E-state index in [0.29, 0.717) is 90.3 Å². The number of hydrogen-bond donors (Lipinski definition) is 21. The molecular formula is C58H109N21O15. The Balaban J connectivity index is 5.40. The first-order valence-electron chi connectivity index (χ1n) is 32.1. The van der Waals surface area contributed by atoms with Crippen molar-refractivity contribution in [3.8, 4) is 0 Å². The number of nitrogens with two attached hydrogens (primary N) is 7. The summed E-state index contributed by atoms with van der Waals surface area (Å²) in [7, 11) is 0. The number of unbranched alkanes of at least 4 members (excludes halogenated alkanes) is 5. The summed E-state index contributed by atoms with van der Waals surface area (Å²) in [6.45, 7) is 5.64. The second-order valence-corrected chi connectivity index (χ2v) is 23.3. The Morgan fingerprint density at radius 1 is 0.298 bits per heavy atom. The van der Waals surface area contributed by atoms with Gasteiger partial charge >= 0.3 is 0 Å². The predicted molar refractivity (Wildman–Crippen MR) is 346 cm³/mol. The monoisotopic (exact) mass is 1340 g/mol. The fraction of sp³-hybridized carbons (Fsp3) is 0.741. The van der Waals surface area contributed by atoms with E-state index in [1.165, 1.54) is 6.92 Å². The normalized spacial score (nSPS) is 13.5. The van der Waals surface area contributed by atoms with Gasteiger partial charge in [0.25, 0.3) is 0 Å². The first-order chi connectivity index (χ1) is 44.5. The minimum Gasteiger partial charge on any atom is -0.368 e. The molecule has 0 aromatic heterocycles. The second kappa shape index (κ2) is 50.3. The number of amides is 15. The van der Waals surface area contributed by atoms with Gasteiger partial charge in [-0.2, -0.15) is 0 Å². The van der Waals surface area contributed by atoms with Gasteiger partial charge < -0.3 is 115 Å². The number of primary amides is 1. The van der Waals surface area contributed by atoms with Crippen LogP contribution >= 0.6 is 0 Å². The SMILES string of the molecule is CC(C)C[C@H](NC(=O)[C@@H](NC(=O)[C@H](CCCCN)NC(=O)CNC(=O)CNC(=O)[C@H](C)NC(=O)CNC(=O)CNC(=O)[C@H](CCCCN)NC(=O)[C@H](CCCCN)NC(=O)CNC(=O)CNC(=O)[C@H](CCCCN)NC(=O)CNC(=O)[C@@H](N)CCCCN)C(C)C)C(N)=O. The Hall–Kier alpha value is -8.19. The zero-order valence-electron chi connectivity index (χ0n) is 55.2. The van der Waals surface area contributed by atoms with E-state index in [1.54, 1.807) is 13.8 Å². The third-order valence-corrected chi connectivity index (χ3v) is 14.1. The first-order valence-corrected chi connectivity index (χ1v) is 32.1. The lowest BCUT2D eigenvalue weighted by Crippen LogP contribution is -2.58. The topological polar surface area (TPSA) is 607 Å². The van der Waals surface area contributed by atoms with Crippen LogP contribution in [-0.4, -0.2) is 215 Å². The molecule has 0 spiro atoms. The van der Waals surface area contributed by atoms with Crippen LogP contribution in [0.4, 0.5) is 0 Å². The molecule has 0 aliphatic rings. The van der Waals surface area contributed by atoms with E-state index in [2.05, 4.69) is 74.4 Å². The highest BCUT2D eigenvalue weighted by Crippen LogP contribution is 2.11. The van der Waals surface area contributed by atoms with Gasteiger partial charge in [-0.25, -0.2) is 0 Å². The van der Waals surface area contributed by atoms with Gasteiger partial charge in [0.05, 0.1) is 51.9 Å². The van der Waals surface area contributed by atoms with Gasteiger partial charge in [-0.3, -0.25) is 71.9 Å². The van der Waals surface area contributed by atoms with Crippen LogP contribution in [0.2, 0.25) is 0 Å². The van der Waals surface area contributed by atoms with Crippen LogP contribution in [-0.2, 0) is 71.9 Å². The van der Waals surface area contributed by atoms with Crippen molar-refractivity contribution in [2.24, 2.45) is 52.0 Å². The summed E-state index contributed by atoms with van der Waals surface area (Å²) in [4.78, 5) is 194. The molecule has 0 saturated carbocycles. The lowest BCUT2D eigenvalue weighted by Gasteiger charge is -2.27. The van der Waals surface area contributed by atoms with Crippen molar-refractivity contribution in [2.45, 2.75) is 186 Å². The highest BCUT2D eigenvalue weighted by atomic mass is 16.2. The molecule has 28 N–H and O–H groups in total. The van der Waals surface area contributed by atoms with Gasteiger partial charge in [0.15, 0.2) is 0 Å². The average Bonchev–Trinajstić information content (AvgIpc) is 0.989. The van der Waals surface area contributed by atoms with Crippen molar-refractivity contribution in [3.05, 3.63) is 0 Å². The quantitative estimate of drug-likeness (QED) is 0.0252. The molecule has 0 aromatic carbocycles. The molecule has 0 bridgehead atoms. The van der Waals surface area contributed by atoms with Crippen LogP contribution in [0.15, 0.2) is 0 Å². The summed E-state index contributed by atoms with van der Waals surface area (Å²) < 4.78 is 0. The maximum Gasteiger partial charge on any atom is 0.243 e. The van der Waals surface area contributed by atoms with Crippen LogP contribution in [0, 0.1) is 11.8 Å². The summed E-state index contributed by atoms with van der Waals surface area (Å²) in [5.41, 5.74) is 39.4. The Morgan fingerprint density at radius 3 is 0.957 bits per heavy atom. The Kier molecular flexibility index (Phi) is 45.9. The van der Waals surface area contributed by atoms with E-state index in [1.807, 2.05) is 13.8 Å². The summed E-state index contributed by atoms with van der Waals surface area (Å²) in [6.07, 6.45) is 5.88. The lowest BCUT2D eigenvalue weighted by molar-refractivity contribution is -0.134. The van der Waals surface area contributed by atoms with Gasteiger partial charge in [-0.15, -0.1) is 0 Å². The maximum absolute atomic E-state index is 13.7. The van der Waals surface area contributed by atoms with Crippen LogP contribution in [0.25, 0.3) is 0 Å². The van der Waals surface area contributed by atoms with Gasteiger partial charge in [-0.1, -0.05) is 34.1 Å². The fourth-order valence-electron chi connectivity index (χ4n) is 8.74. The third kappa shape index (κ3) is 40.0. The van der Waals surface area contributed by atoms with Gasteiger partial charge in [0, 0.05) is 0 Å². The fourth-order valence-corrected chi connectivity index (χ4v) is 8.74.